The van der Waals surface area contributed by atoms with Gasteiger partial charge in [0.2, 0.25) is 0 Å². The van der Waals surface area contributed by atoms with Crippen molar-refractivity contribution in [3.05, 3.63) is 35.9 Å². The first-order chi connectivity index (χ1) is 10.3. The Morgan fingerprint density at radius 3 is 2.86 bits per heavy atom. The van der Waals surface area contributed by atoms with Crippen LogP contribution in [0.1, 0.15) is 50.6 Å². The Morgan fingerprint density at radius 1 is 1.19 bits per heavy atom. The number of piperazine rings is 1. The first-order valence-electron chi connectivity index (χ1n) is 8.82. The number of rotatable bonds is 4. The van der Waals surface area contributed by atoms with E-state index in [1.807, 2.05) is 0 Å². The maximum atomic E-state index is 3.67. The molecule has 116 valence electrons. The normalized spacial score (nSPS) is 31.2. The third-order valence-corrected chi connectivity index (χ3v) is 5.36. The highest BCUT2D eigenvalue weighted by atomic mass is 15.2. The van der Waals surface area contributed by atoms with Crippen LogP contribution in [0.25, 0.3) is 0 Å². The molecule has 1 heterocycles. The van der Waals surface area contributed by atoms with Crippen molar-refractivity contribution in [3.63, 3.8) is 0 Å². The van der Waals surface area contributed by atoms with Crippen LogP contribution in [0.5, 0.6) is 0 Å². The van der Waals surface area contributed by atoms with Crippen LogP contribution in [0.15, 0.2) is 30.3 Å². The molecule has 3 unspecified atom stereocenters. The summed E-state index contributed by atoms with van der Waals surface area (Å²) in [6.45, 7) is 7.24. The molecule has 2 heteroatoms. The standard InChI is InChI=1S/C19H30N2/c1-16-6-5-7-17(14-16)10-12-21-13-11-20-19(15-21)18-8-3-2-4-9-18/h2-4,8-9,16-17,19-20H,5-7,10-15H2,1H3. The third-order valence-electron chi connectivity index (χ3n) is 5.36. The van der Waals surface area contributed by atoms with Crippen LogP contribution < -0.4 is 5.32 Å². The lowest BCUT2D eigenvalue weighted by Gasteiger charge is -2.35. The smallest absolute Gasteiger partial charge is 0.0449 e. The average Bonchev–Trinajstić information content (AvgIpc) is 2.54. The summed E-state index contributed by atoms with van der Waals surface area (Å²) >= 11 is 0. The average molecular weight is 286 g/mol. The van der Waals surface area contributed by atoms with E-state index in [1.165, 1.54) is 57.3 Å². The molecule has 3 atom stereocenters. The Hall–Kier alpha value is -0.860. The molecule has 1 aliphatic heterocycles. The first-order valence-corrected chi connectivity index (χ1v) is 8.82. The Kier molecular flexibility index (Phi) is 5.32. The Balaban J connectivity index is 1.47. The van der Waals surface area contributed by atoms with Crippen molar-refractivity contribution in [2.24, 2.45) is 11.8 Å². The maximum absolute atomic E-state index is 3.67. The summed E-state index contributed by atoms with van der Waals surface area (Å²) in [4.78, 5) is 2.67. The van der Waals surface area contributed by atoms with E-state index in [9.17, 15) is 0 Å². The van der Waals surface area contributed by atoms with Gasteiger partial charge in [-0.1, -0.05) is 56.5 Å². The monoisotopic (exact) mass is 286 g/mol. The number of hydrogen-bond acceptors (Lipinski definition) is 2. The lowest BCUT2D eigenvalue weighted by atomic mass is 9.81. The van der Waals surface area contributed by atoms with E-state index in [4.69, 9.17) is 0 Å². The summed E-state index contributed by atoms with van der Waals surface area (Å²) in [6, 6.07) is 11.4. The molecule has 1 N–H and O–H groups in total. The fourth-order valence-corrected chi connectivity index (χ4v) is 4.11. The molecular weight excluding hydrogens is 256 g/mol. The van der Waals surface area contributed by atoms with Crippen LogP contribution in [0.2, 0.25) is 0 Å². The van der Waals surface area contributed by atoms with Gasteiger partial charge >= 0.3 is 0 Å². The van der Waals surface area contributed by atoms with Crippen molar-refractivity contribution in [1.29, 1.82) is 0 Å². The number of benzene rings is 1. The molecule has 0 amide bonds. The largest absolute Gasteiger partial charge is 0.308 e. The van der Waals surface area contributed by atoms with Gasteiger partial charge in [-0.25, -0.2) is 0 Å². The van der Waals surface area contributed by atoms with Crippen LogP contribution in [-0.4, -0.2) is 31.1 Å². The molecule has 21 heavy (non-hydrogen) atoms. The summed E-state index contributed by atoms with van der Waals surface area (Å²) in [5.74, 6) is 1.95. The van der Waals surface area contributed by atoms with Gasteiger partial charge in [0.25, 0.3) is 0 Å². The van der Waals surface area contributed by atoms with E-state index in [2.05, 4.69) is 47.5 Å². The maximum Gasteiger partial charge on any atom is 0.0449 e. The van der Waals surface area contributed by atoms with Crippen LogP contribution in [0.3, 0.4) is 0 Å². The summed E-state index contributed by atoms with van der Waals surface area (Å²) < 4.78 is 0. The molecule has 0 bridgehead atoms. The number of hydrogen-bond donors (Lipinski definition) is 1. The lowest BCUT2D eigenvalue weighted by Crippen LogP contribution is -2.46. The molecule has 2 aliphatic rings. The van der Waals surface area contributed by atoms with E-state index in [-0.39, 0.29) is 0 Å². The van der Waals surface area contributed by atoms with Gasteiger partial charge < -0.3 is 10.2 Å². The zero-order chi connectivity index (χ0) is 14.5. The van der Waals surface area contributed by atoms with E-state index in [0.717, 1.165) is 18.4 Å². The molecule has 0 spiro atoms. The van der Waals surface area contributed by atoms with Gasteiger partial charge in [-0.15, -0.1) is 0 Å². The molecule has 2 fully saturated rings. The second-order valence-electron chi connectivity index (χ2n) is 7.14. The summed E-state index contributed by atoms with van der Waals surface area (Å²) in [6.07, 6.45) is 7.26. The van der Waals surface area contributed by atoms with Gasteiger partial charge in [0.15, 0.2) is 0 Å². The minimum Gasteiger partial charge on any atom is -0.308 e. The van der Waals surface area contributed by atoms with Crippen molar-refractivity contribution in [3.8, 4) is 0 Å². The Morgan fingerprint density at radius 2 is 2.05 bits per heavy atom. The highest BCUT2D eigenvalue weighted by Gasteiger charge is 2.23. The van der Waals surface area contributed by atoms with Crippen molar-refractivity contribution in [2.75, 3.05) is 26.2 Å². The summed E-state index contributed by atoms with van der Waals surface area (Å²) in [5.41, 5.74) is 1.44. The highest BCUT2D eigenvalue weighted by molar-refractivity contribution is 5.19. The molecule has 3 rings (SSSR count). The Labute approximate surface area is 129 Å². The molecule has 1 aromatic rings. The van der Waals surface area contributed by atoms with Gasteiger partial charge in [-0.05, 0) is 36.8 Å². The molecule has 1 aromatic carbocycles. The topological polar surface area (TPSA) is 15.3 Å². The lowest BCUT2D eigenvalue weighted by molar-refractivity contribution is 0.172. The van der Waals surface area contributed by atoms with Crippen LogP contribution >= 0.6 is 0 Å². The third kappa shape index (κ3) is 4.31. The second-order valence-corrected chi connectivity index (χ2v) is 7.14. The fraction of sp³-hybridized carbons (Fsp3) is 0.684. The van der Waals surface area contributed by atoms with Crippen molar-refractivity contribution >= 4 is 0 Å². The van der Waals surface area contributed by atoms with Crippen molar-refractivity contribution in [2.45, 2.75) is 45.1 Å². The molecular formula is C19H30N2. The predicted octanol–water partition coefficient (Wildman–Crippen LogP) is 3.85. The van der Waals surface area contributed by atoms with E-state index >= 15 is 0 Å². The minimum absolute atomic E-state index is 0.519. The van der Waals surface area contributed by atoms with Gasteiger partial charge in [0.1, 0.15) is 0 Å². The first kappa shape index (κ1) is 15.1. The van der Waals surface area contributed by atoms with Crippen LogP contribution in [-0.2, 0) is 0 Å². The predicted molar refractivity (Wildman–Crippen MR) is 89.4 cm³/mol. The minimum atomic E-state index is 0.519. The SMILES string of the molecule is CC1CCCC(CCN2CCNC(c3ccccc3)C2)C1. The zero-order valence-electron chi connectivity index (χ0n) is 13.4. The second kappa shape index (κ2) is 7.42. The van der Waals surface area contributed by atoms with Gasteiger partial charge in [0, 0.05) is 25.7 Å². The molecule has 2 nitrogen and oxygen atoms in total. The summed E-state index contributed by atoms with van der Waals surface area (Å²) in [7, 11) is 0. The number of nitrogens with zero attached hydrogens (tertiary/aromatic N) is 1. The Bertz CT molecular complexity index is 417. The van der Waals surface area contributed by atoms with Crippen molar-refractivity contribution in [1.82, 2.24) is 10.2 Å². The molecule has 0 aromatic heterocycles. The number of nitrogens with one attached hydrogen (secondary N) is 1. The molecule has 0 radical (unpaired) electrons. The van der Waals surface area contributed by atoms with Crippen LogP contribution in [0, 0.1) is 11.8 Å². The van der Waals surface area contributed by atoms with E-state index < -0.39 is 0 Å². The molecule has 1 aliphatic carbocycles. The van der Waals surface area contributed by atoms with Crippen molar-refractivity contribution < 1.29 is 0 Å². The zero-order valence-corrected chi connectivity index (χ0v) is 13.4. The quantitative estimate of drug-likeness (QED) is 0.904. The molecule has 1 saturated carbocycles. The van der Waals surface area contributed by atoms with E-state index in [0.29, 0.717) is 6.04 Å². The highest BCUT2D eigenvalue weighted by Crippen LogP contribution is 2.31. The fourth-order valence-electron chi connectivity index (χ4n) is 4.11. The van der Waals surface area contributed by atoms with Gasteiger partial charge in [-0.3, -0.25) is 0 Å². The van der Waals surface area contributed by atoms with E-state index in [1.54, 1.807) is 0 Å². The van der Waals surface area contributed by atoms with Crippen LogP contribution in [0.4, 0.5) is 0 Å². The van der Waals surface area contributed by atoms with Gasteiger partial charge in [-0.2, -0.15) is 0 Å². The van der Waals surface area contributed by atoms with Gasteiger partial charge in [0.05, 0.1) is 0 Å². The molecule has 1 saturated heterocycles. The summed E-state index contributed by atoms with van der Waals surface area (Å²) in [5, 5.41) is 3.67.